The topological polar surface area (TPSA) is 112 Å². The fourth-order valence-electron chi connectivity index (χ4n) is 3.67. The molecule has 0 aromatic heterocycles. The molecule has 1 unspecified atom stereocenters. The van der Waals surface area contributed by atoms with E-state index in [1.165, 1.54) is 17.7 Å². The first-order valence-electron chi connectivity index (χ1n) is 10.8. The Morgan fingerprint density at radius 1 is 1.12 bits per heavy atom. The Hall–Kier alpha value is -2.89. The summed E-state index contributed by atoms with van der Waals surface area (Å²) in [5.74, 6) is 1.16. The van der Waals surface area contributed by atoms with Crippen LogP contribution in [0.4, 0.5) is 11.4 Å². The Morgan fingerprint density at radius 3 is 2.52 bits per heavy atom. The Kier molecular flexibility index (Phi) is 10.9. The van der Waals surface area contributed by atoms with Crippen LogP contribution in [0.15, 0.2) is 59.6 Å². The molecule has 3 rings (SSSR count). The standard InChI is InChI=1S/C23H30N6O3.HI/c1-24-23(26-13-12-25-20-7-9-21(10-8-20)29(31)32)27-16-19-15-22(30)28(17-19)14-11-18-5-3-2-4-6-18;/h2-10,19,25H,11-17H2,1H3,(H2,24,26,27);1H. The Labute approximate surface area is 211 Å². The van der Waals surface area contributed by atoms with E-state index in [-0.39, 0.29) is 41.5 Å². The highest BCUT2D eigenvalue weighted by Gasteiger charge is 2.29. The van der Waals surface area contributed by atoms with E-state index < -0.39 is 4.92 Å². The number of rotatable bonds is 10. The largest absolute Gasteiger partial charge is 0.383 e. The molecule has 0 bridgehead atoms. The second kappa shape index (κ2) is 13.6. The number of hydrogen-bond acceptors (Lipinski definition) is 5. The second-order valence-electron chi connectivity index (χ2n) is 7.76. The van der Waals surface area contributed by atoms with Gasteiger partial charge in [0.15, 0.2) is 5.96 Å². The summed E-state index contributed by atoms with van der Waals surface area (Å²) >= 11 is 0. The Bertz CT molecular complexity index is 924. The smallest absolute Gasteiger partial charge is 0.269 e. The monoisotopic (exact) mass is 566 g/mol. The number of nitrogens with one attached hydrogen (secondary N) is 3. The minimum absolute atomic E-state index is 0. The zero-order valence-electron chi connectivity index (χ0n) is 18.7. The molecule has 178 valence electrons. The first kappa shape index (κ1) is 26.4. The highest BCUT2D eigenvalue weighted by atomic mass is 127. The summed E-state index contributed by atoms with van der Waals surface area (Å²) in [6, 6.07) is 16.5. The van der Waals surface area contributed by atoms with Crippen molar-refractivity contribution < 1.29 is 9.72 Å². The predicted octanol–water partition coefficient (Wildman–Crippen LogP) is 2.88. The average molecular weight is 566 g/mol. The molecule has 9 nitrogen and oxygen atoms in total. The van der Waals surface area contributed by atoms with Gasteiger partial charge in [0.1, 0.15) is 0 Å². The van der Waals surface area contributed by atoms with Crippen LogP contribution in [0.5, 0.6) is 0 Å². The van der Waals surface area contributed by atoms with E-state index in [0.717, 1.165) is 25.2 Å². The summed E-state index contributed by atoms with van der Waals surface area (Å²) in [7, 11) is 1.71. The van der Waals surface area contributed by atoms with E-state index in [9.17, 15) is 14.9 Å². The van der Waals surface area contributed by atoms with Gasteiger partial charge in [0.25, 0.3) is 5.69 Å². The molecular weight excluding hydrogens is 535 g/mol. The number of anilines is 1. The number of carbonyl (C=O) groups excluding carboxylic acids is 1. The van der Waals surface area contributed by atoms with Crippen LogP contribution in [0.1, 0.15) is 12.0 Å². The maximum Gasteiger partial charge on any atom is 0.269 e. The summed E-state index contributed by atoms with van der Waals surface area (Å²) in [5.41, 5.74) is 2.14. The van der Waals surface area contributed by atoms with Gasteiger partial charge in [-0.2, -0.15) is 0 Å². The molecule has 10 heteroatoms. The molecule has 1 saturated heterocycles. The second-order valence-corrected chi connectivity index (χ2v) is 7.76. The molecule has 1 aliphatic heterocycles. The van der Waals surface area contributed by atoms with Crippen molar-refractivity contribution in [1.82, 2.24) is 15.5 Å². The minimum atomic E-state index is -0.415. The average Bonchev–Trinajstić information content (AvgIpc) is 3.17. The van der Waals surface area contributed by atoms with E-state index >= 15 is 0 Å². The van der Waals surface area contributed by atoms with Crippen LogP contribution in [0.25, 0.3) is 0 Å². The van der Waals surface area contributed by atoms with Crippen molar-refractivity contribution >= 4 is 47.2 Å². The summed E-state index contributed by atoms with van der Waals surface area (Å²) in [4.78, 5) is 28.8. The number of nitrogens with zero attached hydrogens (tertiary/aromatic N) is 3. The zero-order chi connectivity index (χ0) is 22.8. The van der Waals surface area contributed by atoms with Gasteiger partial charge in [0.05, 0.1) is 4.92 Å². The lowest BCUT2D eigenvalue weighted by molar-refractivity contribution is -0.384. The SMILES string of the molecule is CN=C(NCCNc1ccc([N+](=O)[O-])cc1)NCC1CC(=O)N(CCc2ccccc2)C1.I. The van der Waals surface area contributed by atoms with Crippen LogP contribution in [0, 0.1) is 16.0 Å². The number of nitro groups is 1. The van der Waals surface area contributed by atoms with E-state index in [0.29, 0.717) is 32.0 Å². The lowest BCUT2D eigenvalue weighted by Crippen LogP contribution is -2.42. The van der Waals surface area contributed by atoms with Crippen molar-refractivity contribution in [2.24, 2.45) is 10.9 Å². The minimum Gasteiger partial charge on any atom is -0.383 e. The summed E-state index contributed by atoms with van der Waals surface area (Å²) < 4.78 is 0. The van der Waals surface area contributed by atoms with Crippen molar-refractivity contribution in [3.05, 3.63) is 70.3 Å². The molecule has 33 heavy (non-hydrogen) atoms. The molecule has 0 saturated carbocycles. The highest BCUT2D eigenvalue weighted by molar-refractivity contribution is 14.0. The van der Waals surface area contributed by atoms with Crippen LogP contribution in [0.3, 0.4) is 0 Å². The molecule has 1 amide bonds. The number of carbonyl (C=O) groups is 1. The lowest BCUT2D eigenvalue weighted by Gasteiger charge is -2.18. The maximum atomic E-state index is 12.3. The molecular formula is C23H31IN6O3. The van der Waals surface area contributed by atoms with Gasteiger partial charge < -0.3 is 20.9 Å². The number of likely N-dealkylation sites (tertiary alicyclic amines) is 1. The van der Waals surface area contributed by atoms with E-state index in [2.05, 4.69) is 33.1 Å². The van der Waals surface area contributed by atoms with Crippen molar-refractivity contribution in [3.8, 4) is 0 Å². The molecule has 0 aliphatic carbocycles. The molecule has 2 aromatic carbocycles. The molecule has 3 N–H and O–H groups in total. The van der Waals surface area contributed by atoms with Crippen LogP contribution in [0.2, 0.25) is 0 Å². The van der Waals surface area contributed by atoms with Crippen molar-refractivity contribution in [1.29, 1.82) is 0 Å². The molecule has 2 aromatic rings. The first-order chi connectivity index (χ1) is 15.5. The quantitative estimate of drug-likeness (QED) is 0.102. The third kappa shape index (κ3) is 8.52. The Morgan fingerprint density at radius 2 is 1.85 bits per heavy atom. The number of aliphatic imine (C=N–C) groups is 1. The normalized spacial score (nSPS) is 15.7. The third-order valence-electron chi connectivity index (χ3n) is 5.41. The molecule has 1 fully saturated rings. The van der Waals surface area contributed by atoms with E-state index in [4.69, 9.17) is 0 Å². The number of nitro benzene ring substituents is 1. The number of halogens is 1. The number of benzene rings is 2. The van der Waals surface area contributed by atoms with Crippen molar-refractivity contribution in [2.45, 2.75) is 12.8 Å². The van der Waals surface area contributed by atoms with Gasteiger partial charge in [-0.05, 0) is 24.1 Å². The van der Waals surface area contributed by atoms with Gasteiger partial charge >= 0.3 is 0 Å². The van der Waals surface area contributed by atoms with Gasteiger partial charge in [0.2, 0.25) is 5.91 Å². The number of amides is 1. The molecule has 0 radical (unpaired) electrons. The molecule has 1 heterocycles. The summed E-state index contributed by atoms with van der Waals surface area (Å²) in [5, 5.41) is 20.4. The van der Waals surface area contributed by atoms with Gasteiger partial charge in [-0.3, -0.25) is 19.9 Å². The third-order valence-corrected chi connectivity index (χ3v) is 5.41. The number of non-ortho nitro benzene ring substituents is 1. The lowest BCUT2D eigenvalue weighted by atomic mass is 10.1. The molecule has 1 aliphatic rings. The van der Waals surface area contributed by atoms with Crippen LogP contribution in [-0.2, 0) is 11.2 Å². The van der Waals surface area contributed by atoms with Crippen molar-refractivity contribution in [3.63, 3.8) is 0 Å². The first-order valence-corrected chi connectivity index (χ1v) is 10.8. The predicted molar refractivity (Wildman–Crippen MR) is 141 cm³/mol. The fraction of sp³-hybridized carbons (Fsp3) is 0.391. The Balaban J connectivity index is 0.00000385. The molecule has 0 spiro atoms. The van der Waals surface area contributed by atoms with E-state index in [1.807, 2.05) is 23.1 Å². The van der Waals surface area contributed by atoms with Gasteiger partial charge in [-0.25, -0.2) is 0 Å². The molecule has 1 atom stereocenters. The van der Waals surface area contributed by atoms with Gasteiger partial charge in [-0.1, -0.05) is 30.3 Å². The summed E-state index contributed by atoms with van der Waals surface area (Å²) in [6.07, 6.45) is 1.43. The summed E-state index contributed by atoms with van der Waals surface area (Å²) in [6.45, 7) is 3.46. The van der Waals surface area contributed by atoms with Crippen LogP contribution in [-0.4, -0.2) is 61.5 Å². The van der Waals surface area contributed by atoms with Crippen LogP contribution < -0.4 is 16.0 Å². The maximum absolute atomic E-state index is 12.3. The van der Waals surface area contributed by atoms with Gasteiger partial charge in [-0.15, -0.1) is 24.0 Å². The van der Waals surface area contributed by atoms with E-state index in [1.54, 1.807) is 19.2 Å². The van der Waals surface area contributed by atoms with Crippen LogP contribution >= 0.6 is 24.0 Å². The number of guanidine groups is 1. The zero-order valence-corrected chi connectivity index (χ0v) is 21.0. The highest BCUT2D eigenvalue weighted by Crippen LogP contribution is 2.18. The number of hydrogen-bond donors (Lipinski definition) is 3. The van der Waals surface area contributed by atoms with Gasteiger partial charge in [0, 0.05) is 69.9 Å². The van der Waals surface area contributed by atoms with Crippen molar-refractivity contribution in [2.75, 3.05) is 45.1 Å². The fourth-order valence-corrected chi connectivity index (χ4v) is 3.67.